The number of nitrogens with one attached hydrogen (secondary N) is 1. The summed E-state index contributed by atoms with van der Waals surface area (Å²) in [5, 5.41) is 3.36. The average molecular weight is 586 g/mol. The first-order chi connectivity index (χ1) is 19.1. The molecule has 0 radical (unpaired) electrons. The molecule has 1 N–H and O–H groups in total. The lowest BCUT2D eigenvalue weighted by Gasteiger charge is -2.32. The van der Waals surface area contributed by atoms with Gasteiger partial charge in [-0.2, -0.15) is 0 Å². The van der Waals surface area contributed by atoms with Gasteiger partial charge in [0.25, 0.3) is 10.0 Å². The molecule has 2 amide bonds. The van der Waals surface area contributed by atoms with Crippen LogP contribution < -0.4 is 14.4 Å². The van der Waals surface area contributed by atoms with Crippen LogP contribution in [0.1, 0.15) is 37.8 Å². The monoisotopic (exact) mass is 585 g/mol. The van der Waals surface area contributed by atoms with Crippen LogP contribution in [-0.4, -0.2) is 51.4 Å². The summed E-state index contributed by atoms with van der Waals surface area (Å²) in [6.45, 7) is 5.53. The Balaban J connectivity index is 2.02. The highest BCUT2D eigenvalue weighted by molar-refractivity contribution is 7.92. The van der Waals surface area contributed by atoms with Gasteiger partial charge < -0.3 is 15.0 Å². The number of amides is 2. The van der Waals surface area contributed by atoms with Crippen molar-refractivity contribution in [3.05, 3.63) is 88.9 Å². The Morgan fingerprint density at radius 1 is 1.02 bits per heavy atom. The van der Waals surface area contributed by atoms with Crippen molar-refractivity contribution in [3.8, 4) is 5.75 Å². The average Bonchev–Trinajstić information content (AvgIpc) is 2.94. The number of hydrogen-bond donors (Lipinski definition) is 1. The molecule has 1 atom stereocenters. The number of ether oxygens (including phenoxy) is 1. The smallest absolute Gasteiger partial charge is 0.264 e. The zero-order chi connectivity index (χ0) is 29.3. The lowest BCUT2D eigenvalue weighted by Crippen LogP contribution is -2.51. The van der Waals surface area contributed by atoms with E-state index in [0.29, 0.717) is 22.9 Å². The molecule has 0 saturated carbocycles. The second-order valence-electron chi connectivity index (χ2n) is 9.50. The Kier molecular flexibility index (Phi) is 11.0. The molecule has 40 heavy (non-hydrogen) atoms. The molecule has 0 aliphatic rings. The van der Waals surface area contributed by atoms with Crippen LogP contribution in [0, 0.1) is 6.92 Å². The van der Waals surface area contributed by atoms with Gasteiger partial charge in [-0.25, -0.2) is 8.42 Å². The molecule has 0 heterocycles. The number of anilines is 1. The van der Waals surface area contributed by atoms with E-state index in [4.69, 9.17) is 16.3 Å². The van der Waals surface area contributed by atoms with Crippen molar-refractivity contribution >= 4 is 39.1 Å². The van der Waals surface area contributed by atoms with E-state index in [-0.39, 0.29) is 23.0 Å². The zero-order valence-electron chi connectivity index (χ0n) is 23.3. The number of aryl methyl sites for hydroxylation is 1. The van der Waals surface area contributed by atoms with Crippen molar-refractivity contribution in [2.45, 2.75) is 51.1 Å². The van der Waals surface area contributed by atoms with E-state index in [9.17, 15) is 18.0 Å². The summed E-state index contributed by atoms with van der Waals surface area (Å²) in [4.78, 5) is 28.4. The first-order valence-corrected chi connectivity index (χ1v) is 14.9. The lowest BCUT2D eigenvalue weighted by molar-refractivity contribution is -0.139. The summed E-state index contributed by atoms with van der Waals surface area (Å²) in [5.41, 5.74) is 1.87. The fraction of sp³-hybridized carbons (Fsp3) is 0.333. The molecule has 3 rings (SSSR count). The molecular formula is C30H36ClN3O5S. The SMILES string of the molecule is CCCCNC(=O)C(C)N(Cc1cccc(Cl)c1)C(=O)CN(c1cccc(OC)c1)S(=O)(=O)c1ccc(C)cc1. The number of methoxy groups -OCH3 is 1. The summed E-state index contributed by atoms with van der Waals surface area (Å²) >= 11 is 6.18. The second-order valence-corrected chi connectivity index (χ2v) is 11.8. The fourth-order valence-electron chi connectivity index (χ4n) is 4.08. The first kappa shape index (κ1) is 31.0. The molecule has 0 aliphatic carbocycles. The third-order valence-corrected chi connectivity index (χ3v) is 8.49. The van der Waals surface area contributed by atoms with Crippen LogP contribution >= 0.6 is 11.6 Å². The van der Waals surface area contributed by atoms with Crippen molar-refractivity contribution in [2.24, 2.45) is 0 Å². The van der Waals surface area contributed by atoms with E-state index in [0.717, 1.165) is 22.7 Å². The van der Waals surface area contributed by atoms with Gasteiger partial charge >= 0.3 is 0 Å². The molecule has 0 saturated heterocycles. The number of nitrogens with zero attached hydrogens (tertiary/aromatic N) is 2. The number of rotatable bonds is 13. The third-order valence-electron chi connectivity index (χ3n) is 6.47. The van der Waals surface area contributed by atoms with Gasteiger partial charge in [-0.05, 0) is 62.2 Å². The Labute approximate surface area is 241 Å². The minimum absolute atomic E-state index is 0.0421. The maximum absolute atomic E-state index is 14.0. The Bertz CT molecular complexity index is 1410. The van der Waals surface area contributed by atoms with Crippen LogP contribution in [0.25, 0.3) is 0 Å². The number of carbonyl (C=O) groups is 2. The summed E-state index contributed by atoms with van der Waals surface area (Å²) in [6, 6.07) is 19.1. The number of unbranched alkanes of at least 4 members (excludes halogenated alkanes) is 1. The molecule has 0 bridgehead atoms. The number of hydrogen-bond acceptors (Lipinski definition) is 5. The Hall–Kier alpha value is -3.56. The normalized spacial score (nSPS) is 11.9. The van der Waals surface area contributed by atoms with Crippen LogP contribution in [-0.2, 0) is 26.2 Å². The van der Waals surface area contributed by atoms with Crippen LogP contribution in [0.4, 0.5) is 5.69 Å². The predicted molar refractivity (Wildman–Crippen MR) is 158 cm³/mol. The molecule has 0 fully saturated rings. The molecular weight excluding hydrogens is 550 g/mol. The van der Waals surface area contributed by atoms with Crippen molar-refractivity contribution in [1.29, 1.82) is 0 Å². The van der Waals surface area contributed by atoms with Gasteiger partial charge in [0.1, 0.15) is 18.3 Å². The Morgan fingerprint density at radius 2 is 1.73 bits per heavy atom. The molecule has 0 spiro atoms. The van der Waals surface area contributed by atoms with Crippen molar-refractivity contribution in [3.63, 3.8) is 0 Å². The lowest BCUT2D eigenvalue weighted by atomic mass is 10.1. The number of benzene rings is 3. The molecule has 214 valence electrons. The van der Waals surface area contributed by atoms with E-state index >= 15 is 0 Å². The highest BCUT2D eigenvalue weighted by Gasteiger charge is 2.32. The predicted octanol–water partition coefficient (Wildman–Crippen LogP) is 5.19. The van der Waals surface area contributed by atoms with Crippen LogP contribution in [0.15, 0.2) is 77.7 Å². The van der Waals surface area contributed by atoms with Crippen LogP contribution in [0.3, 0.4) is 0 Å². The standard InChI is InChI=1S/C30H36ClN3O5S/c1-5-6-17-32-30(36)23(3)33(20-24-9-7-10-25(31)18-24)29(35)21-34(26-11-8-12-27(19-26)39-4)40(37,38)28-15-13-22(2)14-16-28/h7-16,18-19,23H,5-6,17,20-21H2,1-4H3,(H,32,36). The minimum Gasteiger partial charge on any atom is -0.497 e. The van der Waals surface area contributed by atoms with Gasteiger partial charge in [-0.3, -0.25) is 13.9 Å². The molecule has 0 aromatic heterocycles. The van der Waals surface area contributed by atoms with Gasteiger partial charge in [0.2, 0.25) is 11.8 Å². The second kappa shape index (κ2) is 14.2. The van der Waals surface area contributed by atoms with E-state index in [1.54, 1.807) is 67.6 Å². The van der Waals surface area contributed by atoms with Crippen molar-refractivity contribution in [2.75, 3.05) is 24.5 Å². The molecule has 3 aromatic rings. The molecule has 8 nitrogen and oxygen atoms in total. The van der Waals surface area contributed by atoms with Gasteiger partial charge in [0, 0.05) is 24.2 Å². The molecule has 1 unspecified atom stereocenters. The third kappa shape index (κ3) is 7.99. The zero-order valence-corrected chi connectivity index (χ0v) is 24.8. The largest absolute Gasteiger partial charge is 0.497 e. The summed E-state index contributed by atoms with van der Waals surface area (Å²) in [5.74, 6) is -0.428. The van der Waals surface area contributed by atoms with Gasteiger partial charge in [0.05, 0.1) is 17.7 Å². The quantitative estimate of drug-likeness (QED) is 0.279. The number of halogens is 1. The topological polar surface area (TPSA) is 96.0 Å². The number of sulfonamides is 1. The van der Waals surface area contributed by atoms with E-state index in [1.807, 2.05) is 13.8 Å². The van der Waals surface area contributed by atoms with Gasteiger partial charge in [-0.1, -0.05) is 60.8 Å². The Morgan fingerprint density at radius 3 is 2.38 bits per heavy atom. The maximum atomic E-state index is 14.0. The summed E-state index contributed by atoms with van der Waals surface area (Å²) < 4.78 is 34.2. The number of carbonyl (C=O) groups excluding carboxylic acids is 2. The molecule has 0 aliphatic heterocycles. The van der Waals surface area contributed by atoms with Crippen molar-refractivity contribution < 1.29 is 22.7 Å². The molecule has 10 heteroatoms. The summed E-state index contributed by atoms with van der Waals surface area (Å²) in [7, 11) is -2.68. The van der Waals surface area contributed by atoms with Gasteiger partial charge in [0.15, 0.2) is 0 Å². The van der Waals surface area contributed by atoms with Crippen LogP contribution in [0.2, 0.25) is 5.02 Å². The first-order valence-electron chi connectivity index (χ1n) is 13.1. The van der Waals surface area contributed by atoms with E-state index in [1.165, 1.54) is 24.1 Å². The van der Waals surface area contributed by atoms with Gasteiger partial charge in [-0.15, -0.1) is 0 Å². The van der Waals surface area contributed by atoms with Crippen molar-refractivity contribution in [1.82, 2.24) is 10.2 Å². The highest BCUT2D eigenvalue weighted by atomic mass is 35.5. The van der Waals surface area contributed by atoms with E-state index < -0.39 is 28.5 Å². The maximum Gasteiger partial charge on any atom is 0.264 e. The minimum atomic E-state index is -4.16. The molecule has 3 aromatic carbocycles. The van der Waals surface area contributed by atoms with E-state index in [2.05, 4.69) is 5.32 Å². The highest BCUT2D eigenvalue weighted by Crippen LogP contribution is 2.28. The summed E-state index contributed by atoms with van der Waals surface area (Å²) in [6.07, 6.45) is 1.71. The fourth-order valence-corrected chi connectivity index (χ4v) is 5.70. The van der Waals surface area contributed by atoms with Crippen LogP contribution in [0.5, 0.6) is 5.75 Å².